The van der Waals surface area contributed by atoms with E-state index in [9.17, 15) is 0 Å². The van der Waals surface area contributed by atoms with Crippen LogP contribution in [-0.2, 0) is 32.5 Å². The highest BCUT2D eigenvalue weighted by Crippen LogP contribution is 2.55. The average molecular weight is 1020 g/mol. The van der Waals surface area contributed by atoms with E-state index in [1.54, 1.807) is 0 Å². The van der Waals surface area contributed by atoms with Crippen LogP contribution in [0.5, 0.6) is 0 Å². The maximum atomic E-state index is 2.54. The van der Waals surface area contributed by atoms with E-state index in [0.29, 0.717) is 0 Å². The van der Waals surface area contributed by atoms with Crippen LogP contribution in [-0.4, -0.2) is 0 Å². The summed E-state index contributed by atoms with van der Waals surface area (Å²) in [6.45, 7) is 41.7. The van der Waals surface area contributed by atoms with Crippen molar-refractivity contribution in [3.05, 3.63) is 215 Å². The first-order valence-corrected chi connectivity index (χ1v) is 28.7. The van der Waals surface area contributed by atoms with Gasteiger partial charge >= 0.3 is 0 Å². The molecule has 0 nitrogen and oxygen atoms in total. The van der Waals surface area contributed by atoms with Gasteiger partial charge in [0.15, 0.2) is 0 Å². The molecule has 0 heterocycles. The molecule has 0 saturated heterocycles. The molecule has 0 saturated carbocycles. The number of fused-ring (bicyclic) bond motifs is 3. The van der Waals surface area contributed by atoms with Gasteiger partial charge in [0, 0.05) is 0 Å². The van der Waals surface area contributed by atoms with Gasteiger partial charge in [-0.3, -0.25) is 0 Å². The maximum absolute atomic E-state index is 2.54. The molecule has 0 spiro atoms. The monoisotopic (exact) mass is 1020 g/mol. The molecule has 78 heavy (non-hydrogen) atoms. The van der Waals surface area contributed by atoms with Crippen LogP contribution in [0.25, 0.3) is 99.1 Å². The summed E-state index contributed by atoms with van der Waals surface area (Å²) in [4.78, 5) is 0. The van der Waals surface area contributed by atoms with Crippen molar-refractivity contribution in [3.8, 4) is 66.8 Å². The largest absolute Gasteiger partial charge is 0.0579 e. The van der Waals surface area contributed by atoms with Crippen molar-refractivity contribution >= 4 is 32.3 Å². The van der Waals surface area contributed by atoms with Gasteiger partial charge in [0.2, 0.25) is 0 Å². The molecule has 0 heteroatoms. The van der Waals surface area contributed by atoms with E-state index in [0.717, 1.165) is 0 Å². The van der Waals surface area contributed by atoms with Gasteiger partial charge in [0.05, 0.1) is 0 Å². The molecule has 0 aromatic heterocycles. The van der Waals surface area contributed by atoms with Crippen LogP contribution in [0.4, 0.5) is 0 Å². The van der Waals surface area contributed by atoms with Crippen LogP contribution in [0, 0.1) is 0 Å². The summed E-state index contributed by atoms with van der Waals surface area (Å²) in [5.74, 6) is 0. The fraction of sp³-hybridized carbons (Fsp3) is 0.308. The topological polar surface area (TPSA) is 0 Å². The van der Waals surface area contributed by atoms with Gasteiger partial charge in [-0.15, -0.1) is 0 Å². The Balaban J connectivity index is 1.42. The molecule has 0 radical (unpaired) electrons. The Bertz CT molecular complexity index is 3570. The van der Waals surface area contributed by atoms with Gasteiger partial charge in [-0.1, -0.05) is 294 Å². The minimum absolute atomic E-state index is 0.000837. The van der Waals surface area contributed by atoms with Crippen molar-refractivity contribution in [2.45, 2.75) is 157 Å². The molecule has 0 unspecified atom stereocenters. The molecule has 0 N–H and O–H groups in total. The van der Waals surface area contributed by atoms with E-state index in [4.69, 9.17) is 0 Å². The minimum Gasteiger partial charge on any atom is -0.0579 e. The summed E-state index contributed by atoms with van der Waals surface area (Å²) in [5, 5.41) is 7.61. The SMILES string of the molecule is CC(C)(C)c1ccc(-c2ccc(-c3c4cc(C(C)(C)C)ccc4c(-c4ccc(C(C)(C)C)cc4)c4c(-c5ccc(-c6ccc(C(C)(C)C)cc6)cc5)c5cc(C(C)(C)C)ccc5c(-c5ccc(C(C)(C)C)cc5)c34)cc2)cc1. The molecule has 10 rings (SSSR count). The second kappa shape index (κ2) is 19.4. The van der Waals surface area contributed by atoms with Crippen molar-refractivity contribution in [2.24, 2.45) is 0 Å². The number of hydrogen-bond donors (Lipinski definition) is 0. The molecule has 10 aromatic rings. The fourth-order valence-corrected chi connectivity index (χ4v) is 11.6. The zero-order valence-electron chi connectivity index (χ0n) is 50.3. The summed E-state index contributed by atoms with van der Waals surface area (Å²) < 4.78 is 0. The molecule has 0 amide bonds. The predicted octanol–water partition coefficient (Wildman–Crippen LogP) is 22.9. The molecule has 0 bridgehead atoms. The van der Waals surface area contributed by atoms with Gasteiger partial charge in [0.25, 0.3) is 0 Å². The Labute approximate surface area is 469 Å². The molecule has 10 aromatic carbocycles. The lowest BCUT2D eigenvalue weighted by molar-refractivity contribution is 0.590. The lowest BCUT2D eigenvalue weighted by atomic mass is 9.75. The van der Waals surface area contributed by atoms with Crippen LogP contribution in [0.15, 0.2) is 182 Å². The van der Waals surface area contributed by atoms with Crippen LogP contribution >= 0.6 is 0 Å². The lowest BCUT2D eigenvalue weighted by Crippen LogP contribution is -2.11. The van der Waals surface area contributed by atoms with E-state index in [2.05, 4.69) is 307 Å². The Morgan fingerprint density at radius 3 is 0.551 bits per heavy atom. The molecule has 396 valence electrons. The Hall–Kier alpha value is -7.02. The Kier molecular flexibility index (Phi) is 13.5. The van der Waals surface area contributed by atoms with Gasteiger partial charge in [-0.25, -0.2) is 0 Å². The summed E-state index contributed by atoms with van der Waals surface area (Å²) in [7, 11) is 0. The van der Waals surface area contributed by atoms with Crippen molar-refractivity contribution in [2.75, 3.05) is 0 Å². The van der Waals surface area contributed by atoms with Crippen molar-refractivity contribution in [3.63, 3.8) is 0 Å². The number of hydrogen-bond acceptors (Lipinski definition) is 0. The third-order valence-corrected chi connectivity index (χ3v) is 16.7. The van der Waals surface area contributed by atoms with Crippen molar-refractivity contribution in [1.82, 2.24) is 0 Å². The highest BCUT2D eigenvalue weighted by Gasteiger charge is 2.29. The van der Waals surface area contributed by atoms with E-state index in [1.165, 1.54) is 132 Å². The fourth-order valence-electron chi connectivity index (χ4n) is 11.6. The minimum atomic E-state index is -0.0870. The number of rotatable bonds is 6. The standard InChI is InChI=1S/C78H84/c1-73(2,3)57-35-27-51(28-36-57)49-19-23-53(24-20-49)69-65-47-61(77(13,14)15)43-45-63(65)68(56-33-41-60(42-34-56)76(10,11)12)72-70(54-25-21-50(22-26-54)52-29-37-58(38-30-52)74(4,5)6)66-48-62(78(16,17)18)44-46-64(66)67(71(69)72)55-31-39-59(40-32-55)75(7,8)9/h19-48H,1-18H3. The third kappa shape index (κ3) is 10.4. The molecule has 0 aliphatic rings. The van der Waals surface area contributed by atoms with Crippen LogP contribution in [0.3, 0.4) is 0 Å². The number of benzene rings is 10. The first-order chi connectivity index (χ1) is 36.5. The average Bonchev–Trinajstić information content (AvgIpc) is 3.53. The quantitative estimate of drug-likeness (QED) is 0.146. The zero-order valence-corrected chi connectivity index (χ0v) is 50.3. The summed E-state index contributed by atoms with van der Waals surface area (Å²) in [6.07, 6.45) is 0. The van der Waals surface area contributed by atoms with Gasteiger partial charge in [0.1, 0.15) is 0 Å². The van der Waals surface area contributed by atoms with Gasteiger partial charge in [-0.05, 0) is 177 Å². The van der Waals surface area contributed by atoms with Crippen molar-refractivity contribution in [1.29, 1.82) is 0 Å². The molecule has 0 aliphatic heterocycles. The Morgan fingerprint density at radius 2 is 0.333 bits per heavy atom. The molecular weight excluding hydrogens is 937 g/mol. The maximum Gasteiger partial charge on any atom is -0.000139 e. The van der Waals surface area contributed by atoms with Gasteiger partial charge in [-0.2, -0.15) is 0 Å². The molecule has 0 aliphatic carbocycles. The van der Waals surface area contributed by atoms with Crippen LogP contribution in [0.1, 0.15) is 158 Å². The first-order valence-electron chi connectivity index (χ1n) is 28.7. The smallest absolute Gasteiger partial charge is 0.000139 e. The van der Waals surface area contributed by atoms with E-state index < -0.39 is 0 Å². The second-order valence-electron chi connectivity index (χ2n) is 28.7. The van der Waals surface area contributed by atoms with Crippen LogP contribution in [0.2, 0.25) is 0 Å². The van der Waals surface area contributed by atoms with E-state index >= 15 is 0 Å². The van der Waals surface area contributed by atoms with E-state index in [1.807, 2.05) is 0 Å². The summed E-state index contributed by atoms with van der Waals surface area (Å²) in [6, 6.07) is 71.4. The molecular formula is C78H84. The molecule has 0 atom stereocenters. The summed E-state index contributed by atoms with van der Waals surface area (Å²) >= 11 is 0. The first kappa shape index (κ1) is 54.3. The second-order valence-corrected chi connectivity index (χ2v) is 28.7. The highest BCUT2D eigenvalue weighted by atomic mass is 14.3. The summed E-state index contributed by atoms with van der Waals surface area (Å²) in [5.41, 5.74) is 22.8. The van der Waals surface area contributed by atoms with Gasteiger partial charge < -0.3 is 0 Å². The zero-order chi connectivity index (χ0) is 56.1. The third-order valence-electron chi connectivity index (χ3n) is 16.7. The predicted molar refractivity (Wildman–Crippen MR) is 344 cm³/mol. The van der Waals surface area contributed by atoms with E-state index in [-0.39, 0.29) is 32.5 Å². The normalized spacial score (nSPS) is 13.0. The highest BCUT2D eigenvalue weighted by molar-refractivity contribution is 6.34. The van der Waals surface area contributed by atoms with Crippen LogP contribution < -0.4 is 0 Å². The Morgan fingerprint density at radius 1 is 0.167 bits per heavy atom. The van der Waals surface area contributed by atoms with Crippen molar-refractivity contribution < 1.29 is 0 Å². The molecule has 0 fully saturated rings. The lowest BCUT2D eigenvalue weighted by Gasteiger charge is -2.28.